The van der Waals surface area contributed by atoms with Crippen molar-refractivity contribution in [3.05, 3.63) is 46.8 Å². The number of benzene rings is 1. The Kier molecular flexibility index (Phi) is 3.41. The van der Waals surface area contributed by atoms with E-state index in [1.165, 1.54) is 0 Å². The molecule has 0 saturated heterocycles. The third-order valence-corrected chi connectivity index (χ3v) is 4.86. The summed E-state index contributed by atoms with van der Waals surface area (Å²) in [5.74, 6) is 1.12. The third kappa shape index (κ3) is 1.94. The number of nitrogens with two attached hydrogens (primary N) is 1. The number of nitrogens with zero attached hydrogens (tertiary/aromatic N) is 3. The summed E-state index contributed by atoms with van der Waals surface area (Å²) in [6.45, 7) is 5.92. The van der Waals surface area contributed by atoms with Gasteiger partial charge in [-0.2, -0.15) is 5.26 Å². The zero-order valence-electron chi connectivity index (χ0n) is 15.0. The van der Waals surface area contributed by atoms with Crippen LogP contribution in [0.2, 0.25) is 0 Å². The van der Waals surface area contributed by atoms with Gasteiger partial charge in [0, 0.05) is 22.7 Å². The lowest BCUT2D eigenvalue weighted by Crippen LogP contribution is -2.06. The second-order valence-corrected chi connectivity index (χ2v) is 6.38. The molecular weight excluding hydrogens is 328 g/mol. The molecule has 0 aliphatic heterocycles. The van der Waals surface area contributed by atoms with Gasteiger partial charge in [-0.25, -0.2) is 0 Å². The van der Waals surface area contributed by atoms with Gasteiger partial charge in [-0.3, -0.25) is 9.55 Å². The summed E-state index contributed by atoms with van der Waals surface area (Å²) in [4.78, 5) is 4.47. The normalized spacial score (nSPS) is 11.2. The number of ether oxygens (including phenoxy) is 1. The fourth-order valence-electron chi connectivity index (χ4n) is 3.59. The maximum absolute atomic E-state index is 9.67. The molecule has 6 heteroatoms. The predicted molar refractivity (Wildman–Crippen MR) is 101 cm³/mol. The third-order valence-electron chi connectivity index (χ3n) is 4.86. The van der Waals surface area contributed by atoms with E-state index in [4.69, 9.17) is 14.9 Å². The SMILES string of the molecule is COc1ccc(C)c(-n2c(N)c(C#N)c3cnc4c(C)coc4c32)c1C. The Morgan fingerprint density at radius 3 is 2.69 bits per heavy atom. The van der Waals surface area contributed by atoms with E-state index in [9.17, 15) is 5.26 Å². The van der Waals surface area contributed by atoms with Gasteiger partial charge in [-0.1, -0.05) is 6.07 Å². The molecule has 0 spiro atoms. The van der Waals surface area contributed by atoms with Crippen LogP contribution in [0.4, 0.5) is 5.82 Å². The van der Waals surface area contributed by atoms with Gasteiger partial charge in [0.2, 0.25) is 0 Å². The average Bonchev–Trinajstić information content (AvgIpc) is 3.13. The van der Waals surface area contributed by atoms with Crippen LogP contribution < -0.4 is 10.5 Å². The maximum Gasteiger partial charge on any atom is 0.177 e. The molecular formula is C20H18N4O2. The number of aromatic nitrogens is 2. The standard InChI is InChI=1S/C20H18N4O2/c1-10-5-6-15(25-4)12(3)17(10)24-18-14(13(7-21)20(24)22)8-23-16-11(2)9-26-19(16)18/h5-6,8-9H,22H2,1-4H3. The van der Waals surface area contributed by atoms with E-state index in [0.717, 1.165) is 39.2 Å². The van der Waals surface area contributed by atoms with Crippen molar-refractivity contribution < 1.29 is 9.15 Å². The first-order valence-corrected chi connectivity index (χ1v) is 8.21. The van der Waals surface area contributed by atoms with Gasteiger partial charge in [0.1, 0.15) is 34.2 Å². The van der Waals surface area contributed by atoms with Crippen molar-refractivity contribution in [2.24, 2.45) is 0 Å². The highest BCUT2D eigenvalue weighted by Gasteiger charge is 2.24. The topological polar surface area (TPSA) is 90.0 Å². The molecule has 0 unspecified atom stereocenters. The molecule has 0 saturated carbocycles. The molecule has 4 aromatic rings. The number of hydrogen-bond acceptors (Lipinski definition) is 5. The molecule has 0 aliphatic carbocycles. The Balaban J connectivity index is 2.26. The number of methoxy groups -OCH3 is 1. The lowest BCUT2D eigenvalue weighted by Gasteiger charge is -2.17. The zero-order chi connectivity index (χ0) is 18.6. The van der Waals surface area contributed by atoms with Gasteiger partial charge >= 0.3 is 0 Å². The molecule has 0 atom stereocenters. The van der Waals surface area contributed by atoms with Gasteiger partial charge in [0.15, 0.2) is 5.58 Å². The van der Waals surface area contributed by atoms with E-state index in [1.807, 2.05) is 37.5 Å². The molecule has 130 valence electrons. The van der Waals surface area contributed by atoms with Crippen LogP contribution in [0.1, 0.15) is 22.3 Å². The van der Waals surface area contributed by atoms with Crippen LogP contribution in [-0.4, -0.2) is 16.7 Å². The van der Waals surface area contributed by atoms with E-state index < -0.39 is 0 Å². The van der Waals surface area contributed by atoms with Crippen LogP contribution in [0.25, 0.3) is 27.7 Å². The predicted octanol–water partition coefficient (Wildman–Crippen LogP) is 4.16. The van der Waals surface area contributed by atoms with Crippen LogP contribution in [0, 0.1) is 32.1 Å². The highest BCUT2D eigenvalue weighted by molar-refractivity contribution is 6.07. The minimum Gasteiger partial charge on any atom is -0.496 e. The quantitative estimate of drug-likeness (QED) is 0.588. The molecule has 3 heterocycles. The highest BCUT2D eigenvalue weighted by Crippen LogP contribution is 2.39. The van der Waals surface area contributed by atoms with Crippen molar-refractivity contribution in [2.45, 2.75) is 20.8 Å². The summed E-state index contributed by atoms with van der Waals surface area (Å²) in [5, 5.41) is 10.3. The van der Waals surface area contributed by atoms with E-state index in [2.05, 4.69) is 11.1 Å². The second-order valence-electron chi connectivity index (χ2n) is 6.38. The van der Waals surface area contributed by atoms with Crippen LogP contribution in [0.3, 0.4) is 0 Å². The Morgan fingerprint density at radius 2 is 2.00 bits per heavy atom. The molecule has 0 radical (unpaired) electrons. The number of nitrogen functional groups attached to an aromatic ring is 1. The lowest BCUT2D eigenvalue weighted by molar-refractivity contribution is 0.411. The number of rotatable bonds is 2. The van der Waals surface area contributed by atoms with Crippen molar-refractivity contribution in [3.63, 3.8) is 0 Å². The molecule has 1 aromatic carbocycles. The number of hydrogen-bond donors (Lipinski definition) is 1. The number of anilines is 1. The Morgan fingerprint density at radius 1 is 1.23 bits per heavy atom. The number of pyridine rings is 1. The minimum absolute atomic E-state index is 0.366. The fourth-order valence-corrected chi connectivity index (χ4v) is 3.59. The van der Waals surface area contributed by atoms with Crippen LogP contribution in [-0.2, 0) is 0 Å². The Hall–Kier alpha value is -3.46. The van der Waals surface area contributed by atoms with Crippen LogP contribution in [0.5, 0.6) is 5.75 Å². The Labute approximate surface area is 150 Å². The van der Waals surface area contributed by atoms with E-state index in [0.29, 0.717) is 22.4 Å². The number of nitriles is 1. The first kappa shape index (κ1) is 16.0. The molecule has 2 N–H and O–H groups in total. The second kappa shape index (κ2) is 5.53. The lowest BCUT2D eigenvalue weighted by atomic mass is 10.1. The molecule has 0 amide bonds. The summed E-state index contributed by atoms with van der Waals surface area (Å²) in [6, 6.07) is 6.11. The zero-order valence-corrected chi connectivity index (χ0v) is 15.0. The summed E-state index contributed by atoms with van der Waals surface area (Å²) < 4.78 is 13.2. The van der Waals surface area contributed by atoms with E-state index in [1.54, 1.807) is 19.6 Å². The number of furan rings is 1. The van der Waals surface area contributed by atoms with Gasteiger partial charge in [0.05, 0.1) is 19.1 Å². The van der Waals surface area contributed by atoms with Crippen molar-refractivity contribution in [3.8, 4) is 17.5 Å². The molecule has 0 fully saturated rings. The molecule has 26 heavy (non-hydrogen) atoms. The summed E-state index contributed by atoms with van der Waals surface area (Å²) >= 11 is 0. The summed E-state index contributed by atoms with van der Waals surface area (Å²) in [7, 11) is 1.64. The number of fused-ring (bicyclic) bond motifs is 3. The van der Waals surface area contributed by atoms with Crippen LogP contribution in [0.15, 0.2) is 29.0 Å². The average molecular weight is 346 g/mol. The molecule has 0 aliphatic rings. The van der Waals surface area contributed by atoms with Crippen LogP contribution >= 0.6 is 0 Å². The number of aryl methyl sites for hydroxylation is 2. The van der Waals surface area contributed by atoms with Gasteiger partial charge in [0.25, 0.3) is 0 Å². The maximum atomic E-state index is 9.67. The van der Waals surface area contributed by atoms with E-state index in [-0.39, 0.29) is 0 Å². The minimum atomic E-state index is 0.366. The summed E-state index contributed by atoms with van der Waals surface area (Å²) in [6.07, 6.45) is 3.36. The molecule has 3 aromatic heterocycles. The monoisotopic (exact) mass is 346 g/mol. The van der Waals surface area contributed by atoms with Gasteiger partial charge < -0.3 is 14.9 Å². The molecule has 6 nitrogen and oxygen atoms in total. The van der Waals surface area contributed by atoms with Gasteiger partial charge in [-0.15, -0.1) is 0 Å². The van der Waals surface area contributed by atoms with E-state index >= 15 is 0 Å². The largest absolute Gasteiger partial charge is 0.496 e. The Bertz CT molecular complexity index is 1220. The van der Waals surface area contributed by atoms with Crippen molar-refractivity contribution >= 4 is 27.8 Å². The first-order valence-electron chi connectivity index (χ1n) is 8.21. The fraction of sp³-hybridized carbons (Fsp3) is 0.200. The summed E-state index contributed by atoms with van der Waals surface area (Å²) in [5.41, 5.74) is 12.7. The van der Waals surface area contributed by atoms with Crippen molar-refractivity contribution in [1.29, 1.82) is 5.26 Å². The van der Waals surface area contributed by atoms with Crippen molar-refractivity contribution in [1.82, 2.24) is 9.55 Å². The highest BCUT2D eigenvalue weighted by atomic mass is 16.5. The first-order chi connectivity index (χ1) is 12.5. The molecule has 0 bridgehead atoms. The van der Waals surface area contributed by atoms with Crippen molar-refractivity contribution in [2.75, 3.05) is 12.8 Å². The van der Waals surface area contributed by atoms with Gasteiger partial charge in [-0.05, 0) is 32.4 Å². The smallest absolute Gasteiger partial charge is 0.177 e. The molecule has 4 rings (SSSR count).